The van der Waals surface area contributed by atoms with Crippen LogP contribution < -0.4 is 5.73 Å². The van der Waals surface area contributed by atoms with Crippen LogP contribution in [0.25, 0.3) is 0 Å². The number of benzene rings is 1. The molecule has 0 unspecified atom stereocenters. The molecule has 1 saturated carbocycles. The summed E-state index contributed by atoms with van der Waals surface area (Å²) in [6, 6.07) is 5.30. The predicted molar refractivity (Wildman–Crippen MR) is 86.3 cm³/mol. The van der Waals surface area contributed by atoms with E-state index >= 15 is 0 Å². The van der Waals surface area contributed by atoms with Crippen LogP contribution in [-0.4, -0.2) is 37.6 Å². The molecule has 0 aliphatic heterocycles. The summed E-state index contributed by atoms with van der Waals surface area (Å²) < 4.78 is 6.40. The maximum atomic E-state index is 12.2. The third kappa shape index (κ3) is 4.96. The summed E-state index contributed by atoms with van der Waals surface area (Å²) in [5, 5.41) is 0. The van der Waals surface area contributed by atoms with Crippen molar-refractivity contribution >= 4 is 39.9 Å². The monoisotopic (exact) mass is 362 g/mol. The van der Waals surface area contributed by atoms with Gasteiger partial charge in [0.1, 0.15) is 0 Å². The lowest BCUT2D eigenvalue weighted by atomic mass is 10.1. The second-order valence-corrected chi connectivity index (χ2v) is 5.89. The third-order valence-electron chi connectivity index (χ3n) is 3.21. The highest BCUT2D eigenvalue weighted by atomic mass is 79.9. The normalized spacial score (nSPS) is 13.7. The van der Waals surface area contributed by atoms with E-state index in [-0.39, 0.29) is 18.3 Å². The molecule has 1 aromatic carbocycles. The van der Waals surface area contributed by atoms with Gasteiger partial charge >= 0.3 is 0 Å². The average Bonchev–Trinajstić information content (AvgIpc) is 3.17. The Balaban J connectivity index is 0.00000200. The van der Waals surface area contributed by atoms with Crippen molar-refractivity contribution in [1.82, 2.24) is 4.90 Å². The highest BCUT2D eigenvalue weighted by molar-refractivity contribution is 9.10. The Kier molecular flexibility index (Phi) is 6.79. The van der Waals surface area contributed by atoms with E-state index in [9.17, 15) is 4.79 Å². The van der Waals surface area contributed by atoms with Crippen molar-refractivity contribution < 1.29 is 9.53 Å². The van der Waals surface area contributed by atoms with Crippen LogP contribution in [0.15, 0.2) is 22.7 Å². The summed E-state index contributed by atoms with van der Waals surface area (Å²) >= 11 is 3.33. The fourth-order valence-corrected chi connectivity index (χ4v) is 2.15. The van der Waals surface area contributed by atoms with Gasteiger partial charge in [-0.15, -0.1) is 12.4 Å². The summed E-state index contributed by atoms with van der Waals surface area (Å²) in [7, 11) is 1.77. The van der Waals surface area contributed by atoms with Gasteiger partial charge in [-0.25, -0.2) is 0 Å². The van der Waals surface area contributed by atoms with Gasteiger partial charge in [0.25, 0.3) is 5.91 Å². The molecule has 4 nitrogen and oxygen atoms in total. The van der Waals surface area contributed by atoms with Gasteiger partial charge in [-0.3, -0.25) is 4.79 Å². The zero-order valence-electron chi connectivity index (χ0n) is 11.5. The molecule has 1 aromatic rings. The molecule has 2 rings (SSSR count). The number of carbonyl (C=O) groups is 1. The number of ether oxygens (including phenoxy) is 1. The second kappa shape index (κ2) is 7.86. The molecule has 1 aliphatic carbocycles. The van der Waals surface area contributed by atoms with Crippen LogP contribution in [0.3, 0.4) is 0 Å². The summed E-state index contributed by atoms with van der Waals surface area (Å²) in [5.41, 5.74) is 6.88. The second-order valence-electron chi connectivity index (χ2n) is 4.98. The van der Waals surface area contributed by atoms with E-state index in [0.29, 0.717) is 24.4 Å². The van der Waals surface area contributed by atoms with Crippen molar-refractivity contribution in [2.24, 2.45) is 5.92 Å². The van der Waals surface area contributed by atoms with Gasteiger partial charge in [-0.1, -0.05) is 15.9 Å². The Labute approximate surface area is 134 Å². The fraction of sp³-hybridized carbons (Fsp3) is 0.500. The molecule has 0 bridgehead atoms. The maximum absolute atomic E-state index is 12.2. The van der Waals surface area contributed by atoms with E-state index in [2.05, 4.69) is 15.9 Å². The van der Waals surface area contributed by atoms with E-state index in [4.69, 9.17) is 10.5 Å². The number of amides is 1. The molecule has 0 radical (unpaired) electrons. The third-order valence-corrected chi connectivity index (χ3v) is 3.71. The first kappa shape index (κ1) is 17.3. The van der Waals surface area contributed by atoms with Crippen molar-refractivity contribution in [3.63, 3.8) is 0 Å². The molecule has 0 spiro atoms. The molecule has 0 heterocycles. The summed E-state index contributed by atoms with van der Waals surface area (Å²) in [4.78, 5) is 13.8. The van der Waals surface area contributed by atoms with E-state index in [0.717, 1.165) is 17.0 Å². The zero-order chi connectivity index (χ0) is 13.8. The van der Waals surface area contributed by atoms with E-state index in [1.807, 2.05) is 6.07 Å². The zero-order valence-corrected chi connectivity index (χ0v) is 13.9. The van der Waals surface area contributed by atoms with Crippen LogP contribution in [0.2, 0.25) is 0 Å². The molecule has 2 N–H and O–H groups in total. The lowest BCUT2D eigenvalue weighted by molar-refractivity contribution is 0.0682. The smallest absolute Gasteiger partial charge is 0.255 e. The Morgan fingerprint density at radius 1 is 1.50 bits per heavy atom. The number of rotatable bonds is 6. The highest BCUT2D eigenvalue weighted by Gasteiger charge is 2.21. The van der Waals surface area contributed by atoms with Crippen molar-refractivity contribution in [2.75, 3.05) is 32.5 Å². The van der Waals surface area contributed by atoms with Gasteiger partial charge in [-0.05, 0) is 37.0 Å². The molecule has 1 fully saturated rings. The number of nitrogens with zero attached hydrogens (tertiary/aromatic N) is 1. The first-order valence-corrected chi connectivity index (χ1v) is 7.25. The van der Waals surface area contributed by atoms with Crippen molar-refractivity contribution in [3.8, 4) is 0 Å². The largest absolute Gasteiger partial charge is 0.398 e. The van der Waals surface area contributed by atoms with E-state index < -0.39 is 0 Å². The number of nitrogen functional groups attached to an aromatic ring is 1. The van der Waals surface area contributed by atoms with Gasteiger partial charge in [0.05, 0.1) is 12.2 Å². The number of hydrogen-bond acceptors (Lipinski definition) is 3. The fourth-order valence-electron chi connectivity index (χ4n) is 1.77. The first-order chi connectivity index (χ1) is 9.08. The first-order valence-electron chi connectivity index (χ1n) is 6.46. The molecule has 0 atom stereocenters. The molecule has 0 saturated heterocycles. The SMILES string of the molecule is CN(CCOCC1CC1)C(=O)c1ccc(Br)cc1N.Cl. The Bertz CT molecular complexity index is 466. The van der Waals surface area contributed by atoms with Crippen LogP contribution in [0.4, 0.5) is 5.69 Å². The van der Waals surface area contributed by atoms with E-state index in [1.165, 1.54) is 12.8 Å². The number of halogens is 2. The molecule has 112 valence electrons. The topological polar surface area (TPSA) is 55.6 Å². The molecule has 0 aromatic heterocycles. The summed E-state index contributed by atoms with van der Waals surface area (Å²) in [6.45, 7) is 1.98. The van der Waals surface area contributed by atoms with Crippen molar-refractivity contribution in [2.45, 2.75) is 12.8 Å². The average molecular weight is 364 g/mol. The van der Waals surface area contributed by atoms with Crippen molar-refractivity contribution in [1.29, 1.82) is 0 Å². The van der Waals surface area contributed by atoms with E-state index in [1.54, 1.807) is 24.1 Å². The molecule has 1 aliphatic rings. The van der Waals surface area contributed by atoms with Crippen LogP contribution >= 0.6 is 28.3 Å². The minimum atomic E-state index is -0.0694. The molecular weight excluding hydrogens is 344 g/mol. The van der Waals surface area contributed by atoms with Crippen LogP contribution in [0.1, 0.15) is 23.2 Å². The molecule has 6 heteroatoms. The lowest BCUT2D eigenvalue weighted by Crippen LogP contribution is -2.30. The number of likely N-dealkylation sites (N-methyl/N-ethyl adjacent to an activating group) is 1. The minimum Gasteiger partial charge on any atom is -0.398 e. The number of carbonyl (C=O) groups excluding carboxylic acids is 1. The van der Waals surface area contributed by atoms with Gasteiger partial charge in [0.2, 0.25) is 0 Å². The number of anilines is 1. The highest BCUT2D eigenvalue weighted by Crippen LogP contribution is 2.28. The Morgan fingerprint density at radius 2 is 2.20 bits per heavy atom. The standard InChI is InChI=1S/C14H19BrN2O2.ClH/c1-17(6-7-19-9-10-2-3-10)14(18)12-5-4-11(15)8-13(12)16;/h4-5,8,10H,2-3,6-7,9,16H2,1H3;1H. The van der Waals surface area contributed by atoms with Gasteiger partial charge in [0.15, 0.2) is 0 Å². The van der Waals surface area contributed by atoms with Gasteiger partial charge in [0, 0.05) is 30.4 Å². The number of hydrogen-bond donors (Lipinski definition) is 1. The van der Waals surface area contributed by atoms with Gasteiger partial charge in [-0.2, -0.15) is 0 Å². The van der Waals surface area contributed by atoms with Crippen LogP contribution in [0.5, 0.6) is 0 Å². The quantitative estimate of drug-likeness (QED) is 0.624. The maximum Gasteiger partial charge on any atom is 0.255 e. The van der Waals surface area contributed by atoms with Crippen LogP contribution in [0, 0.1) is 5.92 Å². The molecular formula is C14H20BrClN2O2. The van der Waals surface area contributed by atoms with Crippen molar-refractivity contribution in [3.05, 3.63) is 28.2 Å². The van der Waals surface area contributed by atoms with Crippen LogP contribution in [-0.2, 0) is 4.74 Å². The Morgan fingerprint density at radius 3 is 2.80 bits per heavy atom. The summed E-state index contributed by atoms with van der Waals surface area (Å²) in [6.07, 6.45) is 2.56. The lowest BCUT2D eigenvalue weighted by Gasteiger charge is -2.18. The molecule has 20 heavy (non-hydrogen) atoms. The Hall–Kier alpha value is -0.780. The van der Waals surface area contributed by atoms with Gasteiger partial charge < -0.3 is 15.4 Å². The predicted octanol–water partition coefficient (Wildman–Crippen LogP) is 2.95. The number of nitrogens with two attached hydrogens (primary N) is 1. The minimum absolute atomic E-state index is 0. The summed E-state index contributed by atoms with van der Waals surface area (Å²) in [5.74, 6) is 0.683. The molecule has 1 amide bonds.